The predicted octanol–water partition coefficient (Wildman–Crippen LogP) is -1.51. The van der Waals surface area contributed by atoms with Crippen LogP contribution in [0.3, 0.4) is 0 Å². The summed E-state index contributed by atoms with van der Waals surface area (Å²) in [5.74, 6) is -0.359. The molecule has 1 aromatic rings. The largest absolute Gasteiger partial charge is 0.463 e. The van der Waals surface area contributed by atoms with E-state index in [0.29, 0.717) is 6.61 Å². The van der Waals surface area contributed by atoms with Crippen molar-refractivity contribution in [1.29, 1.82) is 0 Å². The van der Waals surface area contributed by atoms with Gasteiger partial charge in [-0.05, 0) is 6.92 Å². The van der Waals surface area contributed by atoms with E-state index in [9.17, 15) is 19.2 Å². The monoisotopic (exact) mass is 229 g/mol. The summed E-state index contributed by atoms with van der Waals surface area (Å²) in [6, 6.07) is 0. The normalized spacial score (nSPS) is 8.56. The van der Waals surface area contributed by atoms with Crippen LogP contribution in [0.2, 0.25) is 0 Å². The number of carbonyl (C=O) groups excluding carboxylic acids is 1. The molecule has 16 heavy (non-hydrogen) atoms. The first-order valence-corrected chi connectivity index (χ1v) is 4.21. The molecule has 1 heterocycles. The fraction of sp³-hybridized carbons (Fsp3) is 0.250. The molecule has 0 aliphatic rings. The first-order chi connectivity index (χ1) is 7.49. The maximum Gasteiger partial charge on any atom is 0.330 e. The van der Waals surface area contributed by atoms with Crippen molar-refractivity contribution in [2.75, 3.05) is 6.61 Å². The molecule has 0 spiro atoms. The van der Waals surface area contributed by atoms with Crippen LogP contribution in [0.1, 0.15) is 6.92 Å². The standard InChI is InChI=1S/C5H8O2.C3H3N3O3/c1-3-5(6)7-4-2;7-1-4-2(8)6-3(9)5-1/h3H,1,4H2,2H3;(H3,4,5,6,7,8,9). The molecule has 1 aromatic heterocycles. The van der Waals surface area contributed by atoms with E-state index < -0.39 is 17.1 Å². The smallest absolute Gasteiger partial charge is 0.330 e. The number of esters is 1. The lowest BCUT2D eigenvalue weighted by atomic mass is 10.6. The summed E-state index contributed by atoms with van der Waals surface area (Å²) in [6.07, 6.45) is 1.14. The van der Waals surface area contributed by atoms with E-state index in [0.717, 1.165) is 6.08 Å². The van der Waals surface area contributed by atoms with Gasteiger partial charge in [-0.3, -0.25) is 15.0 Å². The third-order valence-corrected chi connectivity index (χ3v) is 1.13. The highest BCUT2D eigenvalue weighted by Gasteiger charge is 1.86. The van der Waals surface area contributed by atoms with Gasteiger partial charge in [-0.2, -0.15) is 0 Å². The van der Waals surface area contributed by atoms with E-state index in [4.69, 9.17) is 0 Å². The quantitative estimate of drug-likeness (QED) is 0.420. The lowest BCUT2D eigenvalue weighted by molar-refractivity contribution is -0.137. The van der Waals surface area contributed by atoms with Crippen LogP contribution >= 0.6 is 0 Å². The minimum absolute atomic E-state index is 0.359. The SMILES string of the molecule is C=CC(=O)OCC.O=c1[nH]c(=O)[nH]c(=O)[nH]1. The van der Waals surface area contributed by atoms with Crippen molar-refractivity contribution in [1.82, 2.24) is 15.0 Å². The van der Waals surface area contributed by atoms with Crippen LogP contribution in [-0.2, 0) is 9.53 Å². The first kappa shape index (κ1) is 13.6. The molecule has 0 saturated carbocycles. The molecular weight excluding hydrogens is 218 g/mol. The van der Waals surface area contributed by atoms with Gasteiger partial charge in [0, 0.05) is 6.08 Å². The van der Waals surface area contributed by atoms with Crippen molar-refractivity contribution in [2.24, 2.45) is 0 Å². The molecule has 0 radical (unpaired) electrons. The van der Waals surface area contributed by atoms with Crippen LogP contribution in [0.25, 0.3) is 0 Å². The molecule has 0 unspecified atom stereocenters. The van der Waals surface area contributed by atoms with E-state index in [1.807, 2.05) is 0 Å². The number of rotatable bonds is 2. The highest BCUT2D eigenvalue weighted by molar-refractivity contribution is 5.81. The van der Waals surface area contributed by atoms with Crippen molar-refractivity contribution in [2.45, 2.75) is 6.92 Å². The maximum atomic E-state index is 10.2. The Morgan fingerprint density at radius 1 is 1.19 bits per heavy atom. The Morgan fingerprint density at radius 3 is 1.75 bits per heavy atom. The van der Waals surface area contributed by atoms with Crippen LogP contribution in [0, 0.1) is 0 Å². The minimum Gasteiger partial charge on any atom is -0.463 e. The number of aromatic amines is 3. The van der Waals surface area contributed by atoms with Gasteiger partial charge in [0.05, 0.1) is 6.61 Å². The summed E-state index contributed by atoms with van der Waals surface area (Å²) >= 11 is 0. The third kappa shape index (κ3) is 6.13. The van der Waals surface area contributed by atoms with E-state index in [-0.39, 0.29) is 5.97 Å². The van der Waals surface area contributed by atoms with E-state index in [2.05, 4.69) is 11.3 Å². The Balaban J connectivity index is 0.000000293. The Bertz CT molecular complexity index is 431. The van der Waals surface area contributed by atoms with Crippen LogP contribution in [0.4, 0.5) is 0 Å². The van der Waals surface area contributed by atoms with Crippen LogP contribution in [0.5, 0.6) is 0 Å². The van der Waals surface area contributed by atoms with Crippen molar-refractivity contribution >= 4 is 5.97 Å². The van der Waals surface area contributed by atoms with Crippen molar-refractivity contribution in [3.8, 4) is 0 Å². The van der Waals surface area contributed by atoms with Crippen molar-refractivity contribution in [3.05, 3.63) is 44.1 Å². The zero-order valence-corrected chi connectivity index (χ0v) is 8.53. The average molecular weight is 229 g/mol. The van der Waals surface area contributed by atoms with E-state index in [1.165, 1.54) is 0 Å². The molecular formula is C8H11N3O5. The maximum absolute atomic E-state index is 10.2. The molecule has 0 bridgehead atoms. The fourth-order valence-corrected chi connectivity index (χ4v) is 0.604. The summed E-state index contributed by atoms with van der Waals surface area (Å²) in [6.45, 7) is 5.38. The molecule has 0 atom stereocenters. The fourth-order valence-electron chi connectivity index (χ4n) is 0.604. The molecule has 1 rings (SSSR count). The number of H-pyrrole nitrogens is 3. The Hall–Kier alpha value is -2.38. The van der Waals surface area contributed by atoms with Gasteiger partial charge >= 0.3 is 23.0 Å². The topological polar surface area (TPSA) is 125 Å². The second-order valence-electron chi connectivity index (χ2n) is 2.32. The Morgan fingerprint density at radius 2 is 1.56 bits per heavy atom. The zero-order valence-electron chi connectivity index (χ0n) is 8.53. The van der Waals surface area contributed by atoms with Crippen molar-refractivity contribution < 1.29 is 9.53 Å². The summed E-state index contributed by atoms with van der Waals surface area (Å²) in [5, 5.41) is 0. The van der Waals surface area contributed by atoms with Crippen LogP contribution in [0.15, 0.2) is 27.0 Å². The highest BCUT2D eigenvalue weighted by atomic mass is 16.5. The van der Waals surface area contributed by atoms with Crippen molar-refractivity contribution in [3.63, 3.8) is 0 Å². The lowest BCUT2D eigenvalue weighted by Gasteiger charge is -1.90. The van der Waals surface area contributed by atoms with Gasteiger partial charge in [-0.15, -0.1) is 0 Å². The van der Waals surface area contributed by atoms with Gasteiger partial charge < -0.3 is 4.74 Å². The zero-order chi connectivity index (χ0) is 12.6. The first-order valence-electron chi connectivity index (χ1n) is 4.21. The second-order valence-corrected chi connectivity index (χ2v) is 2.32. The van der Waals surface area contributed by atoms with E-state index in [1.54, 1.807) is 21.9 Å². The summed E-state index contributed by atoms with van der Waals surface area (Å²) in [5.41, 5.74) is -2.41. The Labute approximate surface area is 89.0 Å². The molecule has 3 N–H and O–H groups in total. The molecule has 0 aliphatic heterocycles. The predicted molar refractivity (Wildman–Crippen MR) is 55.1 cm³/mol. The second kappa shape index (κ2) is 6.98. The number of ether oxygens (including phenoxy) is 1. The van der Waals surface area contributed by atoms with Gasteiger partial charge in [0.15, 0.2) is 0 Å². The van der Waals surface area contributed by atoms with Crippen LogP contribution in [-0.4, -0.2) is 27.5 Å². The summed E-state index contributed by atoms with van der Waals surface area (Å²) in [4.78, 5) is 46.0. The average Bonchev–Trinajstić information content (AvgIpc) is 2.16. The van der Waals surface area contributed by atoms with E-state index >= 15 is 0 Å². The number of hydrogen-bond donors (Lipinski definition) is 3. The van der Waals surface area contributed by atoms with Crippen LogP contribution < -0.4 is 17.1 Å². The number of hydrogen-bond acceptors (Lipinski definition) is 5. The van der Waals surface area contributed by atoms with Gasteiger partial charge in [0.2, 0.25) is 0 Å². The number of carbonyl (C=O) groups is 1. The van der Waals surface area contributed by atoms with Gasteiger partial charge in [0.25, 0.3) is 0 Å². The Kier molecular flexibility index (Phi) is 5.95. The molecule has 0 aliphatic carbocycles. The molecule has 0 saturated heterocycles. The lowest BCUT2D eigenvalue weighted by Crippen LogP contribution is -2.34. The van der Waals surface area contributed by atoms with Gasteiger partial charge in [0.1, 0.15) is 0 Å². The number of nitrogens with one attached hydrogen (secondary N) is 3. The highest BCUT2D eigenvalue weighted by Crippen LogP contribution is 1.74. The molecule has 0 fully saturated rings. The molecule has 8 heteroatoms. The summed E-state index contributed by atoms with van der Waals surface area (Å²) < 4.78 is 4.43. The third-order valence-electron chi connectivity index (χ3n) is 1.13. The minimum atomic E-state index is -0.802. The summed E-state index contributed by atoms with van der Waals surface area (Å²) in [7, 11) is 0. The van der Waals surface area contributed by atoms with Gasteiger partial charge in [-0.25, -0.2) is 19.2 Å². The molecule has 8 nitrogen and oxygen atoms in total. The number of aromatic nitrogens is 3. The molecule has 0 amide bonds. The molecule has 0 aromatic carbocycles. The van der Waals surface area contributed by atoms with Gasteiger partial charge in [-0.1, -0.05) is 6.58 Å². The molecule has 88 valence electrons.